The quantitative estimate of drug-likeness (QED) is 0.664. The molecule has 118 valence electrons. The second kappa shape index (κ2) is 6.97. The molecule has 3 rings (SSSR count). The molecule has 23 heavy (non-hydrogen) atoms. The zero-order chi connectivity index (χ0) is 16.1. The van der Waals surface area contributed by atoms with E-state index in [0.717, 1.165) is 4.88 Å². The molecule has 0 spiro atoms. The zero-order valence-corrected chi connectivity index (χ0v) is 12.8. The highest BCUT2D eigenvalue weighted by atomic mass is 32.1. The predicted molar refractivity (Wildman–Crippen MR) is 86.0 cm³/mol. The van der Waals surface area contributed by atoms with Crippen LogP contribution in [0.15, 0.2) is 47.9 Å². The number of benzene rings is 1. The van der Waals surface area contributed by atoms with Crippen molar-refractivity contribution in [3.05, 3.63) is 52.7 Å². The summed E-state index contributed by atoms with van der Waals surface area (Å²) in [4.78, 5) is 24.6. The van der Waals surface area contributed by atoms with Crippen molar-refractivity contribution in [2.75, 3.05) is 6.61 Å². The van der Waals surface area contributed by atoms with Crippen LogP contribution in [-0.2, 0) is 9.59 Å². The lowest BCUT2D eigenvalue weighted by atomic mass is 10.2. The maximum Gasteiger partial charge on any atom is 0.283 e. The first-order valence-corrected chi connectivity index (χ1v) is 7.80. The summed E-state index contributed by atoms with van der Waals surface area (Å²) < 4.78 is 11.0. The number of nitrogens with one attached hydrogen (secondary N) is 2. The van der Waals surface area contributed by atoms with Crippen LogP contribution in [0.3, 0.4) is 0 Å². The Morgan fingerprint density at radius 1 is 1.13 bits per heavy atom. The first kappa shape index (κ1) is 15.1. The summed E-state index contributed by atoms with van der Waals surface area (Å²) in [6.07, 6.45) is 2.20. The summed E-state index contributed by atoms with van der Waals surface area (Å²) in [7, 11) is 0. The van der Waals surface area contributed by atoms with Crippen molar-refractivity contribution in [2.24, 2.45) is 0 Å². The van der Waals surface area contributed by atoms with Crippen LogP contribution in [0.1, 0.15) is 4.88 Å². The Labute approximate surface area is 136 Å². The van der Waals surface area contributed by atoms with Crippen LogP contribution in [0.5, 0.6) is 11.5 Å². The fourth-order valence-electron chi connectivity index (χ4n) is 1.94. The summed E-state index contributed by atoms with van der Waals surface area (Å²) in [5.41, 5.74) is 4.63. The molecule has 2 heterocycles. The lowest BCUT2D eigenvalue weighted by Crippen LogP contribution is -2.50. The van der Waals surface area contributed by atoms with Crippen molar-refractivity contribution in [2.45, 2.75) is 6.10 Å². The average Bonchev–Trinajstić information content (AvgIpc) is 3.11. The third kappa shape index (κ3) is 3.89. The van der Waals surface area contributed by atoms with Crippen LogP contribution in [0.25, 0.3) is 6.08 Å². The second-order valence-electron chi connectivity index (χ2n) is 4.69. The minimum absolute atomic E-state index is 0.0871. The van der Waals surface area contributed by atoms with E-state index in [1.807, 2.05) is 23.6 Å². The third-order valence-corrected chi connectivity index (χ3v) is 3.89. The summed E-state index contributed by atoms with van der Waals surface area (Å²) in [6.45, 7) is 0.0871. The lowest BCUT2D eigenvalue weighted by molar-refractivity contribution is -0.134. The van der Waals surface area contributed by atoms with Gasteiger partial charge in [-0.1, -0.05) is 18.2 Å². The summed E-state index contributed by atoms with van der Waals surface area (Å²) >= 11 is 1.51. The largest absolute Gasteiger partial charge is 0.485 e. The first-order chi connectivity index (χ1) is 11.2. The van der Waals surface area contributed by atoms with Gasteiger partial charge in [0.15, 0.2) is 11.5 Å². The van der Waals surface area contributed by atoms with E-state index >= 15 is 0 Å². The number of carbonyl (C=O) groups excluding carboxylic acids is 2. The monoisotopic (exact) mass is 330 g/mol. The Morgan fingerprint density at radius 3 is 2.74 bits per heavy atom. The molecule has 2 aromatic rings. The van der Waals surface area contributed by atoms with Gasteiger partial charge in [0.2, 0.25) is 6.10 Å². The molecule has 0 saturated carbocycles. The van der Waals surface area contributed by atoms with Crippen molar-refractivity contribution in [1.29, 1.82) is 0 Å². The molecule has 1 aliphatic rings. The molecular weight excluding hydrogens is 316 g/mol. The van der Waals surface area contributed by atoms with Crippen molar-refractivity contribution in [1.82, 2.24) is 10.9 Å². The Bertz CT molecular complexity index is 727. The smallest absolute Gasteiger partial charge is 0.283 e. The number of hydrazine groups is 1. The van der Waals surface area contributed by atoms with E-state index in [4.69, 9.17) is 9.47 Å². The van der Waals surface area contributed by atoms with E-state index in [9.17, 15) is 9.59 Å². The van der Waals surface area contributed by atoms with Gasteiger partial charge in [-0.2, -0.15) is 0 Å². The molecule has 6 nitrogen and oxygen atoms in total. The zero-order valence-electron chi connectivity index (χ0n) is 12.0. The van der Waals surface area contributed by atoms with Gasteiger partial charge in [0.25, 0.3) is 11.8 Å². The third-order valence-electron chi connectivity index (χ3n) is 3.05. The Balaban J connectivity index is 1.49. The highest BCUT2D eigenvalue weighted by Crippen LogP contribution is 2.30. The van der Waals surface area contributed by atoms with Crippen LogP contribution in [0, 0.1) is 0 Å². The molecule has 1 aromatic carbocycles. The average molecular weight is 330 g/mol. The Kier molecular flexibility index (Phi) is 4.58. The fraction of sp³-hybridized carbons (Fsp3) is 0.125. The molecule has 0 saturated heterocycles. The number of para-hydroxylation sites is 2. The molecule has 1 aliphatic heterocycles. The number of hydrogen-bond donors (Lipinski definition) is 2. The highest BCUT2D eigenvalue weighted by molar-refractivity contribution is 7.10. The van der Waals surface area contributed by atoms with E-state index in [2.05, 4.69) is 10.9 Å². The van der Waals surface area contributed by atoms with E-state index < -0.39 is 17.9 Å². The highest BCUT2D eigenvalue weighted by Gasteiger charge is 2.27. The molecule has 1 unspecified atom stereocenters. The molecular formula is C16H14N2O4S. The van der Waals surface area contributed by atoms with Gasteiger partial charge in [-0.05, 0) is 29.7 Å². The lowest BCUT2D eigenvalue weighted by Gasteiger charge is -2.25. The minimum Gasteiger partial charge on any atom is -0.485 e. The fourth-order valence-corrected chi connectivity index (χ4v) is 2.56. The van der Waals surface area contributed by atoms with Crippen molar-refractivity contribution >= 4 is 29.2 Å². The molecule has 0 radical (unpaired) electrons. The van der Waals surface area contributed by atoms with Gasteiger partial charge >= 0.3 is 0 Å². The molecule has 7 heteroatoms. The van der Waals surface area contributed by atoms with E-state index in [1.54, 1.807) is 24.3 Å². The van der Waals surface area contributed by atoms with Gasteiger partial charge < -0.3 is 9.47 Å². The van der Waals surface area contributed by atoms with Crippen molar-refractivity contribution in [3.63, 3.8) is 0 Å². The maximum absolute atomic E-state index is 12.0. The van der Waals surface area contributed by atoms with Gasteiger partial charge in [0.1, 0.15) is 6.61 Å². The molecule has 1 atom stereocenters. The van der Waals surface area contributed by atoms with E-state index in [1.165, 1.54) is 17.4 Å². The minimum atomic E-state index is -0.813. The number of ether oxygens (including phenoxy) is 2. The summed E-state index contributed by atoms with van der Waals surface area (Å²) in [6, 6.07) is 10.9. The van der Waals surface area contributed by atoms with Gasteiger partial charge in [-0.25, -0.2) is 0 Å². The van der Waals surface area contributed by atoms with E-state index in [0.29, 0.717) is 11.5 Å². The Morgan fingerprint density at radius 2 is 1.96 bits per heavy atom. The molecule has 1 aromatic heterocycles. The molecule has 0 bridgehead atoms. The van der Waals surface area contributed by atoms with Crippen molar-refractivity contribution < 1.29 is 19.1 Å². The standard InChI is InChI=1S/C16H14N2O4S/c19-15(8-7-11-4-3-9-23-11)17-18-16(20)14-10-21-12-5-1-2-6-13(12)22-14/h1-9,14H,10H2,(H,17,19)(H,18,20). The number of hydrogen-bond acceptors (Lipinski definition) is 5. The van der Waals surface area contributed by atoms with Crippen LogP contribution in [0.4, 0.5) is 0 Å². The van der Waals surface area contributed by atoms with Crippen LogP contribution >= 0.6 is 11.3 Å². The number of fused-ring (bicyclic) bond motifs is 1. The summed E-state index contributed by atoms with van der Waals surface area (Å²) in [5, 5.41) is 1.91. The second-order valence-corrected chi connectivity index (χ2v) is 5.67. The number of thiophene rings is 1. The molecule has 0 aliphatic carbocycles. The topological polar surface area (TPSA) is 76.7 Å². The molecule has 2 amide bonds. The number of carbonyl (C=O) groups is 2. The van der Waals surface area contributed by atoms with Gasteiger partial charge in [0, 0.05) is 11.0 Å². The normalized spacial score (nSPS) is 16.1. The maximum atomic E-state index is 12.0. The van der Waals surface area contributed by atoms with Crippen LogP contribution < -0.4 is 20.3 Å². The SMILES string of the molecule is O=C(C=Cc1cccs1)NNC(=O)C1COc2ccccc2O1. The van der Waals surface area contributed by atoms with E-state index in [-0.39, 0.29) is 6.61 Å². The molecule has 2 N–H and O–H groups in total. The van der Waals surface area contributed by atoms with Crippen LogP contribution in [0.2, 0.25) is 0 Å². The van der Waals surface area contributed by atoms with Gasteiger partial charge in [-0.15, -0.1) is 11.3 Å². The van der Waals surface area contributed by atoms with Gasteiger partial charge in [-0.3, -0.25) is 20.4 Å². The first-order valence-electron chi connectivity index (χ1n) is 6.92. The van der Waals surface area contributed by atoms with Crippen molar-refractivity contribution in [3.8, 4) is 11.5 Å². The predicted octanol–water partition coefficient (Wildman–Crippen LogP) is 1.75. The van der Waals surface area contributed by atoms with Gasteiger partial charge in [0.05, 0.1) is 0 Å². The molecule has 0 fully saturated rings. The summed E-state index contributed by atoms with van der Waals surface area (Å²) in [5.74, 6) is 0.198. The number of amides is 2. The Hall–Kier alpha value is -2.80. The van der Waals surface area contributed by atoms with Crippen LogP contribution in [-0.4, -0.2) is 24.5 Å². The number of rotatable bonds is 3.